The molecular weight excluding hydrogens is 228 g/mol. The summed E-state index contributed by atoms with van der Waals surface area (Å²) >= 11 is 0. The molecular formula is C13H14N4O. The number of hydrogen-bond acceptors (Lipinski definition) is 4. The summed E-state index contributed by atoms with van der Waals surface area (Å²) in [6.45, 7) is 0.864. The maximum absolute atomic E-state index is 11.8. The van der Waals surface area contributed by atoms with Crippen LogP contribution in [0, 0.1) is 0 Å². The number of benzene rings is 1. The van der Waals surface area contributed by atoms with Crippen LogP contribution in [0.25, 0.3) is 0 Å². The van der Waals surface area contributed by atoms with Gasteiger partial charge in [-0.25, -0.2) is 9.97 Å². The molecule has 2 rings (SSSR count). The van der Waals surface area contributed by atoms with E-state index in [2.05, 4.69) is 15.3 Å². The van der Waals surface area contributed by atoms with Crippen LogP contribution in [0.5, 0.6) is 0 Å². The van der Waals surface area contributed by atoms with Gasteiger partial charge in [-0.2, -0.15) is 0 Å². The molecule has 1 aromatic carbocycles. The number of carbonyl (C=O) groups excluding carboxylic acids is 1. The van der Waals surface area contributed by atoms with E-state index in [0.29, 0.717) is 18.7 Å². The van der Waals surface area contributed by atoms with Crippen LogP contribution < -0.4 is 11.1 Å². The predicted molar refractivity (Wildman–Crippen MR) is 67.5 cm³/mol. The van der Waals surface area contributed by atoms with E-state index in [9.17, 15) is 4.79 Å². The van der Waals surface area contributed by atoms with Crippen molar-refractivity contribution in [3.05, 3.63) is 59.7 Å². The van der Waals surface area contributed by atoms with Crippen LogP contribution in [0.2, 0.25) is 0 Å². The van der Waals surface area contributed by atoms with Crippen molar-refractivity contribution in [2.75, 3.05) is 0 Å². The molecule has 0 aliphatic carbocycles. The van der Waals surface area contributed by atoms with Crippen molar-refractivity contribution in [1.82, 2.24) is 15.3 Å². The Hall–Kier alpha value is -2.27. The number of aromatic nitrogens is 2. The Kier molecular flexibility index (Phi) is 3.98. The lowest BCUT2D eigenvalue weighted by molar-refractivity contribution is 0.0950. The number of amides is 1. The molecule has 5 heteroatoms. The molecule has 0 saturated carbocycles. The maximum atomic E-state index is 11.8. The molecule has 18 heavy (non-hydrogen) atoms. The zero-order valence-electron chi connectivity index (χ0n) is 9.84. The van der Waals surface area contributed by atoms with Crippen molar-refractivity contribution in [3.63, 3.8) is 0 Å². The van der Waals surface area contributed by atoms with E-state index in [1.54, 1.807) is 24.4 Å². The third-order valence-electron chi connectivity index (χ3n) is 2.53. The highest BCUT2D eigenvalue weighted by atomic mass is 16.1. The molecule has 0 spiro atoms. The largest absolute Gasteiger partial charge is 0.346 e. The average molecular weight is 242 g/mol. The van der Waals surface area contributed by atoms with Gasteiger partial charge in [-0.05, 0) is 23.8 Å². The summed E-state index contributed by atoms with van der Waals surface area (Å²) in [5, 5.41) is 2.79. The lowest BCUT2D eigenvalue weighted by Crippen LogP contribution is -2.23. The van der Waals surface area contributed by atoms with Crippen LogP contribution in [-0.4, -0.2) is 15.9 Å². The Balaban J connectivity index is 1.95. The highest BCUT2D eigenvalue weighted by Crippen LogP contribution is 2.04. The van der Waals surface area contributed by atoms with Gasteiger partial charge < -0.3 is 11.1 Å². The van der Waals surface area contributed by atoms with Crippen LogP contribution >= 0.6 is 0 Å². The molecule has 1 heterocycles. The standard InChI is InChI=1S/C13H14N4O/c14-7-10-1-3-11(4-2-10)13(18)16-8-12-5-6-15-9-17-12/h1-6,9H,7-8,14H2,(H,16,18). The molecule has 0 aliphatic rings. The first kappa shape index (κ1) is 12.2. The molecule has 0 bridgehead atoms. The van der Waals surface area contributed by atoms with Gasteiger partial charge in [0.25, 0.3) is 5.91 Å². The zero-order chi connectivity index (χ0) is 12.8. The second-order valence-corrected chi connectivity index (χ2v) is 3.78. The van der Waals surface area contributed by atoms with E-state index in [1.165, 1.54) is 6.33 Å². The van der Waals surface area contributed by atoms with E-state index in [1.807, 2.05) is 12.1 Å². The van der Waals surface area contributed by atoms with Gasteiger partial charge in [0.15, 0.2) is 0 Å². The highest BCUT2D eigenvalue weighted by Gasteiger charge is 2.05. The first-order valence-electron chi connectivity index (χ1n) is 5.61. The fourth-order valence-corrected chi connectivity index (χ4v) is 1.49. The summed E-state index contributed by atoms with van der Waals surface area (Å²) in [6.07, 6.45) is 3.10. The molecule has 0 unspecified atom stereocenters. The summed E-state index contributed by atoms with van der Waals surface area (Å²) in [4.78, 5) is 19.7. The molecule has 2 aromatic rings. The lowest BCUT2D eigenvalue weighted by atomic mass is 10.1. The second-order valence-electron chi connectivity index (χ2n) is 3.78. The van der Waals surface area contributed by atoms with E-state index >= 15 is 0 Å². The van der Waals surface area contributed by atoms with Crippen LogP contribution in [0.15, 0.2) is 42.9 Å². The third kappa shape index (κ3) is 3.11. The fraction of sp³-hybridized carbons (Fsp3) is 0.154. The van der Waals surface area contributed by atoms with Gasteiger partial charge >= 0.3 is 0 Å². The first-order valence-corrected chi connectivity index (χ1v) is 5.61. The van der Waals surface area contributed by atoms with Crippen LogP contribution in [-0.2, 0) is 13.1 Å². The van der Waals surface area contributed by atoms with Crippen molar-refractivity contribution >= 4 is 5.91 Å². The molecule has 92 valence electrons. The van der Waals surface area contributed by atoms with Gasteiger partial charge in [-0.3, -0.25) is 4.79 Å². The number of nitrogens with two attached hydrogens (primary N) is 1. The van der Waals surface area contributed by atoms with Crippen molar-refractivity contribution in [3.8, 4) is 0 Å². The number of nitrogens with zero attached hydrogens (tertiary/aromatic N) is 2. The van der Waals surface area contributed by atoms with E-state index < -0.39 is 0 Å². The third-order valence-corrected chi connectivity index (χ3v) is 2.53. The Morgan fingerprint density at radius 2 is 2.00 bits per heavy atom. The number of nitrogens with one attached hydrogen (secondary N) is 1. The van der Waals surface area contributed by atoms with Gasteiger partial charge in [-0.1, -0.05) is 12.1 Å². The van der Waals surface area contributed by atoms with Crippen LogP contribution in [0.3, 0.4) is 0 Å². The quantitative estimate of drug-likeness (QED) is 0.833. The molecule has 0 aliphatic heterocycles. The predicted octanol–water partition coefficient (Wildman–Crippen LogP) is 0.865. The molecule has 1 aromatic heterocycles. The van der Waals surface area contributed by atoms with Gasteiger partial charge in [0, 0.05) is 18.3 Å². The Morgan fingerprint density at radius 1 is 1.22 bits per heavy atom. The minimum Gasteiger partial charge on any atom is -0.346 e. The fourth-order valence-electron chi connectivity index (χ4n) is 1.49. The number of rotatable bonds is 4. The smallest absolute Gasteiger partial charge is 0.251 e. The molecule has 0 saturated heterocycles. The second kappa shape index (κ2) is 5.88. The molecule has 1 amide bonds. The van der Waals surface area contributed by atoms with Gasteiger partial charge in [0.2, 0.25) is 0 Å². The topological polar surface area (TPSA) is 80.9 Å². The summed E-state index contributed by atoms with van der Waals surface area (Å²) in [6, 6.07) is 8.98. The minimum atomic E-state index is -0.128. The monoisotopic (exact) mass is 242 g/mol. The normalized spacial score (nSPS) is 10.1. The van der Waals surface area contributed by atoms with E-state index in [4.69, 9.17) is 5.73 Å². The zero-order valence-corrected chi connectivity index (χ0v) is 9.84. The summed E-state index contributed by atoms with van der Waals surface area (Å²) in [5.74, 6) is -0.128. The molecule has 0 radical (unpaired) electrons. The van der Waals surface area contributed by atoms with E-state index in [-0.39, 0.29) is 5.91 Å². The van der Waals surface area contributed by atoms with Gasteiger partial charge in [-0.15, -0.1) is 0 Å². The molecule has 0 atom stereocenters. The Bertz CT molecular complexity index is 510. The maximum Gasteiger partial charge on any atom is 0.251 e. The SMILES string of the molecule is NCc1ccc(C(=O)NCc2ccncn2)cc1. The number of carbonyl (C=O) groups is 1. The van der Waals surface area contributed by atoms with Gasteiger partial charge in [0.1, 0.15) is 6.33 Å². The Labute approximate surface area is 105 Å². The minimum absolute atomic E-state index is 0.128. The van der Waals surface area contributed by atoms with Crippen LogP contribution in [0.1, 0.15) is 21.6 Å². The summed E-state index contributed by atoms with van der Waals surface area (Å²) < 4.78 is 0. The van der Waals surface area contributed by atoms with E-state index in [0.717, 1.165) is 11.3 Å². The lowest BCUT2D eigenvalue weighted by Gasteiger charge is -2.05. The highest BCUT2D eigenvalue weighted by molar-refractivity contribution is 5.94. The van der Waals surface area contributed by atoms with Crippen molar-refractivity contribution in [1.29, 1.82) is 0 Å². The number of hydrogen-bond donors (Lipinski definition) is 2. The average Bonchev–Trinajstić information content (AvgIpc) is 2.46. The van der Waals surface area contributed by atoms with Crippen molar-refractivity contribution in [2.45, 2.75) is 13.1 Å². The molecule has 0 fully saturated rings. The van der Waals surface area contributed by atoms with Gasteiger partial charge in [0.05, 0.1) is 12.2 Å². The molecule has 5 nitrogen and oxygen atoms in total. The van der Waals surface area contributed by atoms with Crippen molar-refractivity contribution in [2.24, 2.45) is 5.73 Å². The van der Waals surface area contributed by atoms with Crippen molar-refractivity contribution < 1.29 is 4.79 Å². The first-order chi connectivity index (χ1) is 8.79. The van der Waals surface area contributed by atoms with Crippen LogP contribution in [0.4, 0.5) is 0 Å². The summed E-state index contributed by atoms with van der Waals surface area (Å²) in [7, 11) is 0. The molecule has 3 N–H and O–H groups in total. The Morgan fingerprint density at radius 3 is 2.61 bits per heavy atom. The summed E-state index contributed by atoms with van der Waals surface area (Å²) in [5.41, 5.74) is 7.89.